The van der Waals surface area contributed by atoms with Gasteiger partial charge in [-0.1, -0.05) is 0 Å². The third-order valence-electron chi connectivity index (χ3n) is 3.10. The van der Waals surface area contributed by atoms with Crippen LogP contribution in [0.4, 0.5) is 0 Å². The van der Waals surface area contributed by atoms with Gasteiger partial charge in [0.05, 0.1) is 19.6 Å². The highest BCUT2D eigenvalue weighted by molar-refractivity contribution is 5.89. The maximum atomic E-state index is 10.9. The lowest BCUT2D eigenvalue weighted by Gasteiger charge is -2.12. The van der Waals surface area contributed by atoms with Gasteiger partial charge in [-0.15, -0.1) is 0 Å². The summed E-state index contributed by atoms with van der Waals surface area (Å²) in [6.45, 7) is 0.946. The molecule has 1 aromatic heterocycles. The number of rotatable bonds is 6. The number of hydrogen-bond acceptors (Lipinski definition) is 4. The topological polar surface area (TPSA) is 68.7 Å². The van der Waals surface area contributed by atoms with Crippen LogP contribution < -0.4 is 0 Å². The third kappa shape index (κ3) is 3.12. The summed E-state index contributed by atoms with van der Waals surface area (Å²) in [5.74, 6) is -0.867. The van der Waals surface area contributed by atoms with E-state index in [0.29, 0.717) is 18.8 Å². The Morgan fingerprint density at radius 1 is 1.10 bits per heavy atom. The van der Waals surface area contributed by atoms with Crippen molar-refractivity contribution in [2.75, 3.05) is 14.2 Å². The van der Waals surface area contributed by atoms with Crippen LogP contribution in [0, 0.1) is 0 Å². The second-order valence-electron chi connectivity index (χ2n) is 4.58. The fraction of sp³-hybridized carbons (Fsp3) is 0.333. The van der Waals surface area contributed by atoms with Crippen molar-refractivity contribution in [3.63, 3.8) is 0 Å². The molecule has 0 unspecified atom stereocenters. The molecule has 0 aliphatic carbocycles. The molecule has 0 aliphatic rings. The van der Waals surface area contributed by atoms with Crippen molar-refractivity contribution in [3.05, 3.63) is 41.2 Å². The normalized spacial score (nSPS) is 10.9. The summed E-state index contributed by atoms with van der Waals surface area (Å²) in [4.78, 5) is 15.0. The van der Waals surface area contributed by atoms with Gasteiger partial charge in [0.25, 0.3) is 0 Å². The summed E-state index contributed by atoms with van der Waals surface area (Å²) in [6.07, 6.45) is 3.29. The monoisotopic (exact) mass is 275 g/mol. The zero-order chi connectivity index (χ0) is 14.5. The van der Waals surface area contributed by atoms with E-state index in [1.54, 1.807) is 26.6 Å². The van der Waals surface area contributed by atoms with Crippen molar-refractivity contribution in [3.8, 4) is 0 Å². The number of carboxylic acids is 1. The zero-order valence-corrected chi connectivity index (χ0v) is 11.5. The van der Waals surface area contributed by atoms with Crippen LogP contribution in [0.2, 0.25) is 0 Å². The quantitative estimate of drug-likeness (QED) is 0.874. The summed E-state index contributed by atoms with van der Waals surface area (Å²) >= 11 is 0. The molecule has 0 aliphatic heterocycles. The van der Waals surface area contributed by atoms with E-state index in [2.05, 4.69) is 4.98 Å². The van der Waals surface area contributed by atoms with E-state index in [1.807, 2.05) is 12.1 Å². The number of carboxylic acid groups (broad SMARTS) is 1. The van der Waals surface area contributed by atoms with E-state index >= 15 is 0 Å². The molecule has 5 nitrogen and oxygen atoms in total. The Morgan fingerprint density at radius 3 is 2.35 bits per heavy atom. The fourth-order valence-corrected chi connectivity index (χ4v) is 2.25. The first kappa shape index (κ1) is 14.4. The van der Waals surface area contributed by atoms with Crippen molar-refractivity contribution in [2.24, 2.45) is 0 Å². The third-order valence-corrected chi connectivity index (χ3v) is 3.10. The van der Waals surface area contributed by atoms with Crippen LogP contribution in [0.1, 0.15) is 16.7 Å². The number of pyridine rings is 1. The van der Waals surface area contributed by atoms with Gasteiger partial charge in [-0.25, -0.2) is 0 Å². The summed E-state index contributed by atoms with van der Waals surface area (Å²) in [6, 6.07) is 3.94. The van der Waals surface area contributed by atoms with Crippen molar-refractivity contribution in [2.45, 2.75) is 19.6 Å². The van der Waals surface area contributed by atoms with Gasteiger partial charge in [-0.3, -0.25) is 9.78 Å². The van der Waals surface area contributed by atoms with Crippen LogP contribution in [0.25, 0.3) is 10.8 Å². The maximum absolute atomic E-state index is 10.9. The molecule has 2 rings (SSSR count). The second kappa shape index (κ2) is 6.45. The Morgan fingerprint density at radius 2 is 1.75 bits per heavy atom. The first-order chi connectivity index (χ1) is 9.65. The SMILES string of the molecule is COCc1cc2cncc(CC(=O)O)c2cc1COC. The Labute approximate surface area is 117 Å². The van der Waals surface area contributed by atoms with E-state index in [0.717, 1.165) is 21.9 Å². The lowest BCUT2D eigenvalue weighted by Crippen LogP contribution is -2.03. The molecule has 106 valence electrons. The number of nitrogens with zero attached hydrogens (tertiary/aromatic N) is 1. The van der Waals surface area contributed by atoms with Gasteiger partial charge >= 0.3 is 5.97 Å². The molecule has 0 fully saturated rings. The highest BCUT2D eigenvalue weighted by atomic mass is 16.5. The molecule has 0 saturated carbocycles. The van der Waals surface area contributed by atoms with Gasteiger partial charge < -0.3 is 14.6 Å². The minimum absolute atomic E-state index is 0.0413. The van der Waals surface area contributed by atoms with Gasteiger partial charge in [-0.05, 0) is 34.2 Å². The minimum atomic E-state index is -0.867. The predicted molar refractivity (Wildman–Crippen MR) is 74.5 cm³/mol. The van der Waals surface area contributed by atoms with Crippen molar-refractivity contribution in [1.29, 1.82) is 0 Å². The van der Waals surface area contributed by atoms with Crippen LogP contribution in [-0.2, 0) is 33.9 Å². The van der Waals surface area contributed by atoms with Crippen LogP contribution in [0.5, 0.6) is 0 Å². The highest BCUT2D eigenvalue weighted by Crippen LogP contribution is 2.24. The number of carbonyl (C=O) groups is 1. The molecule has 0 saturated heterocycles. The number of fused-ring (bicyclic) bond motifs is 1. The number of benzene rings is 1. The summed E-state index contributed by atoms with van der Waals surface area (Å²) in [5.41, 5.74) is 2.73. The van der Waals surface area contributed by atoms with Gasteiger partial charge in [-0.2, -0.15) is 0 Å². The number of aliphatic carboxylic acids is 1. The summed E-state index contributed by atoms with van der Waals surface area (Å²) < 4.78 is 10.4. The van der Waals surface area contributed by atoms with Gasteiger partial charge in [0, 0.05) is 32.0 Å². The molecule has 1 heterocycles. The molecule has 0 bridgehead atoms. The zero-order valence-electron chi connectivity index (χ0n) is 11.5. The molecule has 1 N–H and O–H groups in total. The van der Waals surface area contributed by atoms with Crippen molar-refractivity contribution in [1.82, 2.24) is 4.98 Å². The second-order valence-corrected chi connectivity index (χ2v) is 4.58. The Hall–Kier alpha value is -1.98. The fourth-order valence-electron chi connectivity index (χ4n) is 2.25. The number of aromatic nitrogens is 1. The molecule has 20 heavy (non-hydrogen) atoms. The van der Waals surface area contributed by atoms with Crippen LogP contribution in [0.15, 0.2) is 24.5 Å². The van der Waals surface area contributed by atoms with Crippen LogP contribution in [0.3, 0.4) is 0 Å². The van der Waals surface area contributed by atoms with Crippen LogP contribution in [-0.4, -0.2) is 30.3 Å². The Kier molecular flexibility index (Phi) is 4.65. The van der Waals surface area contributed by atoms with Gasteiger partial charge in [0.1, 0.15) is 0 Å². The largest absolute Gasteiger partial charge is 0.481 e. The first-order valence-corrected chi connectivity index (χ1v) is 6.23. The molecule has 0 spiro atoms. The molecule has 0 atom stereocenters. The summed E-state index contributed by atoms with van der Waals surface area (Å²) in [5, 5.41) is 10.8. The average Bonchev–Trinajstić information content (AvgIpc) is 2.40. The average molecular weight is 275 g/mol. The van der Waals surface area contributed by atoms with E-state index in [4.69, 9.17) is 14.6 Å². The van der Waals surface area contributed by atoms with E-state index < -0.39 is 5.97 Å². The molecule has 0 amide bonds. The van der Waals surface area contributed by atoms with E-state index in [-0.39, 0.29) is 6.42 Å². The standard InChI is InChI=1S/C15H17NO4/c1-19-8-12-3-10-6-16-7-11(5-15(17)18)14(10)4-13(12)9-20-2/h3-4,6-7H,5,8-9H2,1-2H3,(H,17,18). The summed E-state index contributed by atoms with van der Waals surface area (Å²) in [7, 11) is 3.27. The number of hydrogen-bond donors (Lipinski definition) is 1. The highest BCUT2D eigenvalue weighted by Gasteiger charge is 2.10. The molecule has 5 heteroatoms. The molecular weight excluding hydrogens is 258 g/mol. The Balaban J connectivity index is 2.57. The van der Waals surface area contributed by atoms with E-state index in [1.165, 1.54) is 0 Å². The van der Waals surface area contributed by atoms with Crippen molar-refractivity contribution >= 4 is 16.7 Å². The lowest BCUT2D eigenvalue weighted by molar-refractivity contribution is -0.136. The molecule has 0 radical (unpaired) electrons. The van der Waals surface area contributed by atoms with Crippen LogP contribution >= 0.6 is 0 Å². The van der Waals surface area contributed by atoms with Crippen molar-refractivity contribution < 1.29 is 19.4 Å². The van der Waals surface area contributed by atoms with Gasteiger partial charge in [0.15, 0.2) is 0 Å². The smallest absolute Gasteiger partial charge is 0.307 e. The number of methoxy groups -OCH3 is 2. The molecule has 1 aromatic carbocycles. The first-order valence-electron chi connectivity index (χ1n) is 6.23. The van der Waals surface area contributed by atoms with Gasteiger partial charge in [0.2, 0.25) is 0 Å². The van der Waals surface area contributed by atoms with E-state index in [9.17, 15) is 4.79 Å². The maximum Gasteiger partial charge on any atom is 0.307 e. The molecule has 2 aromatic rings. The lowest BCUT2D eigenvalue weighted by atomic mass is 9.99. The molecular formula is C15H17NO4. The Bertz CT molecular complexity index is 625. The number of ether oxygens (including phenoxy) is 2. The minimum Gasteiger partial charge on any atom is -0.481 e. The predicted octanol–water partition coefficient (Wildman–Crippen LogP) is 2.15.